The third kappa shape index (κ3) is 10.6. The van der Waals surface area contributed by atoms with E-state index in [0.29, 0.717) is 0 Å². The van der Waals surface area contributed by atoms with E-state index in [1.807, 2.05) is 0 Å². The second-order valence-electron chi connectivity index (χ2n) is 2.79. The lowest BCUT2D eigenvalue weighted by molar-refractivity contribution is -0.170. The van der Waals surface area contributed by atoms with Gasteiger partial charge in [-0.15, -0.1) is 0 Å². The lowest BCUT2D eigenvalue weighted by atomic mass is 9.96. The fourth-order valence-corrected chi connectivity index (χ4v) is 0.714. The van der Waals surface area contributed by atoms with Crippen LogP contribution in [-0.2, 0) is 14.4 Å². The zero-order valence-corrected chi connectivity index (χ0v) is 9.29. The molecule has 0 aromatic carbocycles. The van der Waals surface area contributed by atoms with Gasteiger partial charge in [-0.1, -0.05) is 0 Å². The van der Waals surface area contributed by atoms with Crippen LogP contribution in [0, 0.1) is 0 Å². The molecule has 0 aliphatic rings. The summed E-state index contributed by atoms with van der Waals surface area (Å²) in [4.78, 5) is 30.5. The summed E-state index contributed by atoms with van der Waals surface area (Å²) in [6.07, 6.45) is -2.29. The molecule has 0 atom stereocenters. The molecule has 102 valence electrons. The van der Waals surface area contributed by atoms with Crippen molar-refractivity contribution >= 4 is 17.9 Å². The molecule has 0 rings (SSSR count). The Labute approximate surface area is 96.9 Å². The van der Waals surface area contributed by atoms with Gasteiger partial charge in [0.25, 0.3) is 0 Å². The molecular weight excluding hydrogens is 238 g/mol. The monoisotopic (exact) mass is 255 g/mol. The fourth-order valence-electron chi connectivity index (χ4n) is 0.714. The maximum Gasteiger partial charge on any atom is 0.336 e. The average molecular weight is 255 g/mol. The second kappa shape index (κ2) is 9.51. The van der Waals surface area contributed by atoms with Crippen LogP contribution >= 0.6 is 0 Å². The first-order valence-electron chi connectivity index (χ1n) is 4.19. The fraction of sp³-hybridized carbons (Fsp3) is 0.625. The van der Waals surface area contributed by atoms with Crippen LogP contribution in [0.15, 0.2) is 0 Å². The number of hydrogen-bond acceptors (Lipinski definition) is 6. The van der Waals surface area contributed by atoms with Crippen LogP contribution in [-0.4, -0.2) is 55.6 Å². The lowest BCUT2D eigenvalue weighted by Crippen LogP contribution is -2.42. The van der Waals surface area contributed by atoms with Crippen molar-refractivity contribution in [1.82, 2.24) is 6.15 Å². The highest BCUT2D eigenvalue weighted by atomic mass is 16.4. The first-order valence-corrected chi connectivity index (χ1v) is 4.19. The van der Waals surface area contributed by atoms with E-state index in [1.165, 1.54) is 0 Å². The minimum Gasteiger partial charge on any atom is -0.481 e. The first kappa shape index (κ1) is 20.7. The van der Waals surface area contributed by atoms with Crippen LogP contribution < -0.4 is 6.15 Å². The quantitative estimate of drug-likeness (QED) is 0.354. The number of aliphatic hydroxyl groups excluding tert-OH is 1. The predicted octanol–water partition coefficient (Wildman–Crippen LogP) is -1.09. The summed E-state index contributed by atoms with van der Waals surface area (Å²) in [7, 11) is 0. The van der Waals surface area contributed by atoms with Crippen LogP contribution in [0.25, 0.3) is 0 Å². The zero-order valence-electron chi connectivity index (χ0n) is 9.29. The van der Waals surface area contributed by atoms with Crippen LogP contribution in [0.3, 0.4) is 0 Å². The Morgan fingerprint density at radius 3 is 1.35 bits per heavy atom. The Bertz CT molecular complexity index is 248. The van der Waals surface area contributed by atoms with Gasteiger partial charge in [0.05, 0.1) is 12.8 Å². The van der Waals surface area contributed by atoms with Gasteiger partial charge in [-0.05, 0) is 6.92 Å². The normalized spacial score (nSPS) is 9.35. The second-order valence-corrected chi connectivity index (χ2v) is 2.79. The van der Waals surface area contributed by atoms with E-state index >= 15 is 0 Å². The average Bonchev–Trinajstić information content (AvgIpc) is 2.01. The Morgan fingerprint density at radius 1 is 1.00 bits per heavy atom. The molecule has 8 N–H and O–H groups in total. The summed E-state index contributed by atoms with van der Waals surface area (Å²) in [6, 6.07) is 0. The van der Waals surface area contributed by atoms with Gasteiger partial charge in [-0.25, -0.2) is 4.79 Å². The van der Waals surface area contributed by atoms with E-state index in [0.717, 1.165) is 0 Å². The first-order chi connectivity index (χ1) is 7.19. The molecule has 0 aliphatic carbocycles. The van der Waals surface area contributed by atoms with E-state index in [9.17, 15) is 14.4 Å². The van der Waals surface area contributed by atoms with E-state index in [-0.39, 0.29) is 12.8 Å². The largest absolute Gasteiger partial charge is 0.481 e. The summed E-state index contributed by atoms with van der Waals surface area (Å²) in [5.74, 6) is -5.02. The smallest absolute Gasteiger partial charge is 0.336 e. The molecule has 0 radical (unpaired) electrons. The van der Waals surface area contributed by atoms with Gasteiger partial charge in [0.2, 0.25) is 0 Å². The topological polar surface area (TPSA) is 187 Å². The van der Waals surface area contributed by atoms with E-state index in [2.05, 4.69) is 0 Å². The van der Waals surface area contributed by atoms with Crippen molar-refractivity contribution in [3.63, 3.8) is 0 Å². The number of carboxylic acids is 3. The third-order valence-corrected chi connectivity index (χ3v) is 1.29. The Kier molecular flexibility index (Phi) is 11.6. The maximum atomic E-state index is 10.3. The van der Waals surface area contributed by atoms with Crippen LogP contribution in [0.2, 0.25) is 0 Å². The SMILES string of the molecule is CCO.N.O=C(O)CC(O)(CC(=O)O)C(=O)O. The molecule has 0 heterocycles. The number of aliphatic hydroxyl groups is 2. The molecule has 0 bridgehead atoms. The number of rotatable bonds is 5. The van der Waals surface area contributed by atoms with Crippen LogP contribution in [0.4, 0.5) is 0 Å². The van der Waals surface area contributed by atoms with E-state index < -0.39 is 36.4 Å². The molecule has 0 fully saturated rings. The minimum atomic E-state index is -2.74. The molecule has 9 heteroatoms. The highest BCUT2D eigenvalue weighted by Crippen LogP contribution is 2.15. The van der Waals surface area contributed by atoms with Crippen molar-refractivity contribution in [1.29, 1.82) is 0 Å². The van der Waals surface area contributed by atoms with Gasteiger partial charge in [0.15, 0.2) is 5.60 Å². The molecule has 0 unspecified atom stereocenters. The number of hydrogen-bond donors (Lipinski definition) is 6. The Morgan fingerprint density at radius 2 is 1.24 bits per heavy atom. The lowest BCUT2D eigenvalue weighted by Gasteiger charge is -2.18. The van der Waals surface area contributed by atoms with Gasteiger partial charge in [0, 0.05) is 6.61 Å². The predicted molar refractivity (Wildman–Crippen MR) is 54.9 cm³/mol. The van der Waals surface area contributed by atoms with Gasteiger partial charge in [-0.3, -0.25) is 9.59 Å². The molecule has 0 aromatic heterocycles. The van der Waals surface area contributed by atoms with E-state index in [1.54, 1.807) is 6.92 Å². The molecule has 17 heavy (non-hydrogen) atoms. The molecule has 0 spiro atoms. The summed E-state index contributed by atoms with van der Waals surface area (Å²) in [6.45, 7) is 1.93. The maximum absolute atomic E-state index is 10.3. The Balaban J connectivity index is -0.000000440. The summed E-state index contributed by atoms with van der Waals surface area (Å²) >= 11 is 0. The number of aliphatic carboxylic acids is 3. The van der Waals surface area contributed by atoms with Gasteiger partial charge < -0.3 is 31.7 Å². The van der Waals surface area contributed by atoms with Gasteiger partial charge >= 0.3 is 17.9 Å². The highest BCUT2D eigenvalue weighted by molar-refractivity contribution is 5.88. The molecular formula is C8H17NO8. The van der Waals surface area contributed by atoms with E-state index in [4.69, 9.17) is 25.5 Å². The minimum absolute atomic E-state index is 0. The molecule has 0 amide bonds. The molecule has 0 aliphatic heterocycles. The molecule has 0 aromatic rings. The van der Waals surface area contributed by atoms with Crippen LogP contribution in [0.1, 0.15) is 19.8 Å². The number of carbonyl (C=O) groups is 3. The van der Waals surface area contributed by atoms with Crippen molar-refractivity contribution in [2.24, 2.45) is 0 Å². The highest BCUT2D eigenvalue weighted by Gasteiger charge is 2.40. The van der Waals surface area contributed by atoms with Crippen molar-refractivity contribution in [3.8, 4) is 0 Å². The van der Waals surface area contributed by atoms with Crippen molar-refractivity contribution in [2.45, 2.75) is 25.4 Å². The zero-order chi connectivity index (χ0) is 13.4. The molecule has 9 nitrogen and oxygen atoms in total. The summed E-state index contributed by atoms with van der Waals surface area (Å²) in [5, 5.41) is 41.4. The third-order valence-electron chi connectivity index (χ3n) is 1.29. The van der Waals surface area contributed by atoms with Crippen molar-refractivity contribution in [2.75, 3.05) is 6.61 Å². The summed E-state index contributed by atoms with van der Waals surface area (Å²) in [5.41, 5.74) is -2.74. The number of carboxylic acid groups (broad SMARTS) is 3. The van der Waals surface area contributed by atoms with Crippen molar-refractivity contribution < 1.29 is 39.9 Å². The van der Waals surface area contributed by atoms with Gasteiger partial charge in [0.1, 0.15) is 0 Å². The van der Waals surface area contributed by atoms with Crippen LogP contribution in [0.5, 0.6) is 0 Å². The Hall–Kier alpha value is -1.71. The van der Waals surface area contributed by atoms with Gasteiger partial charge in [-0.2, -0.15) is 0 Å². The summed E-state index contributed by atoms with van der Waals surface area (Å²) < 4.78 is 0. The standard InChI is InChI=1S/C6H8O7.C2H6O.H3N/c7-3(8)1-6(13,5(11)12)2-4(9)10;1-2-3;/h13H,1-2H2,(H,7,8)(H,9,10)(H,11,12);3H,2H2,1H3;1H3. The molecule has 0 saturated carbocycles. The van der Waals surface area contributed by atoms with Crippen molar-refractivity contribution in [3.05, 3.63) is 0 Å². The molecule has 0 saturated heterocycles.